The minimum atomic E-state index is -0.331. The van der Waals surface area contributed by atoms with E-state index in [4.69, 9.17) is 14.6 Å². The third kappa shape index (κ3) is 5.39. The third-order valence-corrected chi connectivity index (χ3v) is 3.57. The molecule has 0 saturated carbocycles. The summed E-state index contributed by atoms with van der Waals surface area (Å²) in [7, 11) is 0. The molecule has 0 radical (unpaired) electrons. The molecule has 2 aromatic rings. The van der Waals surface area contributed by atoms with Crippen molar-refractivity contribution in [3.8, 4) is 16.9 Å². The number of benzene rings is 2. The van der Waals surface area contributed by atoms with Crippen LogP contribution < -0.4 is 4.74 Å². The predicted molar refractivity (Wildman–Crippen MR) is 94.3 cm³/mol. The molecule has 2 rings (SSSR count). The first-order valence-corrected chi connectivity index (χ1v) is 8.36. The first-order valence-electron chi connectivity index (χ1n) is 8.36. The maximum Gasteiger partial charge on any atom is 0.338 e. The summed E-state index contributed by atoms with van der Waals surface area (Å²) in [5.74, 6) is 0.534. The number of carbonyl (C=O) groups is 1. The number of aliphatic hydroxyl groups is 1. The fraction of sp³-hybridized carbons (Fsp3) is 0.350. The smallest absolute Gasteiger partial charge is 0.338 e. The lowest BCUT2D eigenvalue weighted by molar-refractivity contribution is 0.0492. The summed E-state index contributed by atoms with van der Waals surface area (Å²) in [4.78, 5) is 11.9. The van der Waals surface area contributed by atoms with E-state index in [1.165, 1.54) is 0 Å². The molecule has 0 unspecified atom stereocenters. The van der Waals surface area contributed by atoms with Gasteiger partial charge < -0.3 is 14.6 Å². The van der Waals surface area contributed by atoms with E-state index < -0.39 is 0 Å². The van der Waals surface area contributed by atoms with Gasteiger partial charge in [0.15, 0.2) is 0 Å². The predicted octanol–water partition coefficient (Wildman–Crippen LogP) is 4.07. The zero-order valence-electron chi connectivity index (χ0n) is 14.0. The molecular weight excluding hydrogens is 304 g/mol. The Balaban J connectivity index is 1.94. The molecule has 128 valence electrons. The number of ether oxygens (including phenoxy) is 2. The summed E-state index contributed by atoms with van der Waals surface area (Å²) in [6, 6.07) is 15.3. The first-order chi connectivity index (χ1) is 11.7. The third-order valence-electron chi connectivity index (χ3n) is 3.57. The topological polar surface area (TPSA) is 55.8 Å². The largest absolute Gasteiger partial charge is 0.494 e. The van der Waals surface area contributed by atoms with Crippen LogP contribution in [0.5, 0.6) is 5.75 Å². The Hall–Kier alpha value is -2.33. The van der Waals surface area contributed by atoms with Gasteiger partial charge in [-0.3, -0.25) is 0 Å². The molecule has 0 atom stereocenters. The van der Waals surface area contributed by atoms with Crippen molar-refractivity contribution in [1.82, 2.24) is 0 Å². The Morgan fingerprint density at radius 3 is 2.12 bits per heavy atom. The van der Waals surface area contributed by atoms with Gasteiger partial charge in [-0.05, 0) is 54.7 Å². The fourth-order valence-corrected chi connectivity index (χ4v) is 2.22. The van der Waals surface area contributed by atoms with E-state index in [1.807, 2.05) is 36.4 Å². The molecule has 0 heterocycles. The Kier molecular flexibility index (Phi) is 7.30. The number of hydrogen-bond acceptors (Lipinski definition) is 4. The molecule has 0 saturated heterocycles. The van der Waals surface area contributed by atoms with Crippen LogP contribution in [0.15, 0.2) is 48.5 Å². The van der Waals surface area contributed by atoms with E-state index in [-0.39, 0.29) is 12.6 Å². The zero-order valence-corrected chi connectivity index (χ0v) is 14.0. The van der Waals surface area contributed by atoms with Crippen molar-refractivity contribution in [2.24, 2.45) is 0 Å². The van der Waals surface area contributed by atoms with Crippen LogP contribution in [-0.4, -0.2) is 30.9 Å². The highest BCUT2D eigenvalue weighted by Gasteiger charge is 2.07. The van der Waals surface area contributed by atoms with Gasteiger partial charge in [-0.1, -0.05) is 31.2 Å². The van der Waals surface area contributed by atoms with Crippen LogP contribution in [-0.2, 0) is 4.74 Å². The summed E-state index contributed by atoms with van der Waals surface area (Å²) in [6.07, 6.45) is 2.30. The van der Waals surface area contributed by atoms with Gasteiger partial charge in [0.05, 0.1) is 18.8 Å². The van der Waals surface area contributed by atoms with E-state index in [0.717, 1.165) is 23.3 Å². The molecule has 0 spiro atoms. The monoisotopic (exact) mass is 328 g/mol. The van der Waals surface area contributed by atoms with Gasteiger partial charge in [-0.2, -0.15) is 0 Å². The molecule has 0 fully saturated rings. The molecule has 0 aliphatic carbocycles. The maximum absolute atomic E-state index is 11.9. The summed E-state index contributed by atoms with van der Waals surface area (Å²) in [6.45, 7) is 3.25. The number of hydrogen-bond donors (Lipinski definition) is 1. The minimum Gasteiger partial charge on any atom is -0.494 e. The minimum absolute atomic E-state index is 0.120. The van der Waals surface area contributed by atoms with Gasteiger partial charge in [0.2, 0.25) is 0 Å². The highest BCUT2D eigenvalue weighted by molar-refractivity contribution is 5.90. The number of rotatable bonds is 9. The Morgan fingerprint density at radius 1 is 0.917 bits per heavy atom. The molecular formula is C20H24O4. The summed E-state index contributed by atoms with van der Waals surface area (Å²) in [5.41, 5.74) is 2.64. The summed E-state index contributed by atoms with van der Waals surface area (Å²) in [5, 5.41) is 8.70. The van der Waals surface area contributed by atoms with Crippen LogP contribution in [0, 0.1) is 0 Å². The second kappa shape index (κ2) is 9.73. The summed E-state index contributed by atoms with van der Waals surface area (Å²) >= 11 is 0. The quantitative estimate of drug-likeness (QED) is 0.557. The second-order valence-corrected chi connectivity index (χ2v) is 5.52. The van der Waals surface area contributed by atoms with Crippen molar-refractivity contribution >= 4 is 5.97 Å². The van der Waals surface area contributed by atoms with E-state index in [1.54, 1.807) is 12.1 Å². The Morgan fingerprint density at radius 2 is 1.54 bits per heavy atom. The van der Waals surface area contributed by atoms with Crippen LogP contribution >= 0.6 is 0 Å². The van der Waals surface area contributed by atoms with Gasteiger partial charge in [0.25, 0.3) is 0 Å². The van der Waals surface area contributed by atoms with Gasteiger partial charge in [-0.15, -0.1) is 0 Å². The maximum atomic E-state index is 11.9. The normalized spacial score (nSPS) is 10.4. The van der Waals surface area contributed by atoms with Crippen molar-refractivity contribution in [2.75, 3.05) is 19.8 Å². The van der Waals surface area contributed by atoms with E-state index in [9.17, 15) is 4.79 Å². The summed E-state index contributed by atoms with van der Waals surface area (Å²) < 4.78 is 10.7. The van der Waals surface area contributed by atoms with Gasteiger partial charge >= 0.3 is 5.97 Å². The van der Waals surface area contributed by atoms with Gasteiger partial charge in [0.1, 0.15) is 5.75 Å². The van der Waals surface area contributed by atoms with Crippen molar-refractivity contribution in [3.63, 3.8) is 0 Å². The Bertz CT molecular complexity index is 617. The highest BCUT2D eigenvalue weighted by Crippen LogP contribution is 2.23. The van der Waals surface area contributed by atoms with Crippen LogP contribution in [0.2, 0.25) is 0 Å². The van der Waals surface area contributed by atoms with Crippen molar-refractivity contribution in [1.29, 1.82) is 0 Å². The lowest BCUT2D eigenvalue weighted by Crippen LogP contribution is -2.06. The number of aliphatic hydroxyl groups excluding tert-OH is 1. The SMILES string of the molecule is CCCOc1ccc(-c2ccc(C(=O)OCCCCO)cc2)cc1. The molecule has 4 heteroatoms. The molecule has 0 aliphatic rings. The van der Waals surface area contributed by atoms with Gasteiger partial charge in [0, 0.05) is 6.61 Å². The first kappa shape index (κ1) is 18.0. The zero-order chi connectivity index (χ0) is 17.2. The lowest BCUT2D eigenvalue weighted by Gasteiger charge is -2.07. The van der Waals surface area contributed by atoms with Crippen molar-refractivity contribution in [3.05, 3.63) is 54.1 Å². The highest BCUT2D eigenvalue weighted by atomic mass is 16.5. The number of unbranched alkanes of at least 4 members (excludes halogenated alkanes) is 1. The molecule has 4 nitrogen and oxygen atoms in total. The molecule has 0 aliphatic heterocycles. The van der Waals surface area contributed by atoms with E-state index in [0.29, 0.717) is 31.6 Å². The average Bonchev–Trinajstić information content (AvgIpc) is 2.64. The number of esters is 1. The molecule has 1 N–H and O–H groups in total. The van der Waals surface area contributed by atoms with Crippen LogP contribution in [0.4, 0.5) is 0 Å². The second-order valence-electron chi connectivity index (χ2n) is 5.52. The van der Waals surface area contributed by atoms with Crippen LogP contribution in [0.25, 0.3) is 11.1 Å². The Labute approximate surface area is 143 Å². The molecule has 24 heavy (non-hydrogen) atoms. The average molecular weight is 328 g/mol. The van der Waals surface area contributed by atoms with Crippen LogP contribution in [0.1, 0.15) is 36.5 Å². The molecule has 0 aromatic heterocycles. The van der Waals surface area contributed by atoms with Crippen LogP contribution in [0.3, 0.4) is 0 Å². The van der Waals surface area contributed by atoms with E-state index >= 15 is 0 Å². The fourth-order valence-electron chi connectivity index (χ4n) is 2.22. The van der Waals surface area contributed by atoms with Crippen molar-refractivity contribution in [2.45, 2.75) is 26.2 Å². The van der Waals surface area contributed by atoms with Gasteiger partial charge in [-0.25, -0.2) is 4.79 Å². The molecule has 0 amide bonds. The standard InChI is InChI=1S/C20H24O4/c1-2-14-23-19-11-9-17(10-12-19)16-5-7-18(8-6-16)20(22)24-15-4-3-13-21/h5-12,21H,2-4,13-15H2,1H3. The molecule has 2 aromatic carbocycles. The lowest BCUT2D eigenvalue weighted by atomic mass is 10.0. The van der Waals surface area contributed by atoms with E-state index in [2.05, 4.69) is 6.92 Å². The number of carbonyl (C=O) groups excluding carboxylic acids is 1. The van der Waals surface area contributed by atoms with Crippen molar-refractivity contribution < 1.29 is 19.4 Å². The molecule has 0 bridgehead atoms.